The second kappa shape index (κ2) is 13.7. The summed E-state index contributed by atoms with van der Waals surface area (Å²) in [4.78, 5) is 47.0. The van der Waals surface area contributed by atoms with E-state index in [1.807, 2.05) is 25.1 Å². The summed E-state index contributed by atoms with van der Waals surface area (Å²) in [5.74, 6) is 0.0355. The Labute approximate surface area is 231 Å². The van der Waals surface area contributed by atoms with E-state index in [0.717, 1.165) is 16.9 Å². The zero-order valence-corrected chi connectivity index (χ0v) is 22.7. The summed E-state index contributed by atoms with van der Waals surface area (Å²) in [6, 6.07) is 16.8. The van der Waals surface area contributed by atoms with Gasteiger partial charge in [0.1, 0.15) is 22.9 Å². The summed E-state index contributed by atoms with van der Waals surface area (Å²) < 4.78 is 16.0. The third-order valence-corrected chi connectivity index (χ3v) is 5.75. The number of benzene rings is 3. The smallest absolute Gasteiger partial charge is 0.306 e. The molecule has 2 N–H and O–H groups in total. The van der Waals surface area contributed by atoms with Crippen LogP contribution in [0.4, 0.5) is 17.1 Å². The number of nitrogens with zero attached hydrogens (tertiary/aromatic N) is 1. The molecule has 0 aliphatic carbocycles. The van der Waals surface area contributed by atoms with Gasteiger partial charge in [0, 0.05) is 24.2 Å². The number of aryl methyl sites for hydroxylation is 1. The highest BCUT2D eigenvalue weighted by molar-refractivity contribution is 5.96. The number of amides is 2. The molecule has 0 heterocycles. The molecule has 11 heteroatoms. The Bertz CT molecular complexity index is 1390. The Morgan fingerprint density at radius 3 is 2.25 bits per heavy atom. The predicted octanol–water partition coefficient (Wildman–Crippen LogP) is 5.73. The topological polar surface area (TPSA) is 146 Å². The van der Waals surface area contributed by atoms with Crippen LogP contribution in [-0.2, 0) is 19.1 Å². The Kier molecular flexibility index (Phi) is 10.2. The molecule has 0 unspecified atom stereocenters. The van der Waals surface area contributed by atoms with Crippen molar-refractivity contribution in [2.75, 3.05) is 24.4 Å². The fourth-order valence-corrected chi connectivity index (χ4v) is 3.69. The van der Waals surface area contributed by atoms with Crippen molar-refractivity contribution in [2.24, 2.45) is 0 Å². The molecule has 0 aliphatic rings. The van der Waals surface area contributed by atoms with Crippen molar-refractivity contribution in [1.29, 1.82) is 0 Å². The van der Waals surface area contributed by atoms with Crippen LogP contribution >= 0.6 is 0 Å². The number of methoxy groups -OCH3 is 1. The first-order chi connectivity index (χ1) is 19.0. The molecule has 0 spiro atoms. The van der Waals surface area contributed by atoms with Gasteiger partial charge in [0.25, 0.3) is 11.6 Å². The van der Waals surface area contributed by atoms with Gasteiger partial charge >= 0.3 is 5.97 Å². The lowest BCUT2D eigenvalue weighted by atomic mass is 10.0. The van der Waals surface area contributed by atoms with Crippen molar-refractivity contribution in [1.82, 2.24) is 0 Å². The quantitative estimate of drug-likeness (QED) is 0.165. The largest absolute Gasteiger partial charge is 0.497 e. The SMILES string of the molecule is COc1ccc([N+](=O)[O-])c(NC(=O)COC(=O)CCC(=O)Nc2ccc(Oc3cc(C)ccc3C(C)C)cc2)c1. The van der Waals surface area contributed by atoms with Gasteiger partial charge in [-0.2, -0.15) is 0 Å². The van der Waals surface area contributed by atoms with Crippen LogP contribution in [0, 0.1) is 17.0 Å². The standard InChI is InChI=1S/C29H31N3O8/c1-18(2)23-11-5-19(3)15-26(23)40-21-8-6-20(7-9-21)30-27(33)13-14-29(35)39-17-28(34)31-24-16-22(38-4)10-12-25(24)32(36)37/h5-12,15-16,18H,13-14,17H2,1-4H3,(H,30,33)(H,31,34). The van der Waals surface area contributed by atoms with Gasteiger partial charge in [-0.05, 0) is 60.4 Å². The molecule has 0 fully saturated rings. The zero-order chi connectivity index (χ0) is 29.2. The molecule has 3 rings (SSSR count). The Hall–Kier alpha value is -4.93. The average molecular weight is 550 g/mol. The minimum Gasteiger partial charge on any atom is -0.497 e. The van der Waals surface area contributed by atoms with E-state index in [9.17, 15) is 24.5 Å². The van der Waals surface area contributed by atoms with Crippen molar-refractivity contribution in [3.8, 4) is 17.2 Å². The monoisotopic (exact) mass is 549 g/mol. The number of nitrogens with one attached hydrogen (secondary N) is 2. The first-order valence-electron chi connectivity index (χ1n) is 12.5. The first-order valence-corrected chi connectivity index (χ1v) is 12.5. The summed E-state index contributed by atoms with van der Waals surface area (Å²) >= 11 is 0. The molecule has 0 saturated heterocycles. The van der Waals surface area contributed by atoms with Gasteiger partial charge in [-0.3, -0.25) is 24.5 Å². The molecule has 0 aromatic heterocycles. The third kappa shape index (κ3) is 8.55. The van der Waals surface area contributed by atoms with Crippen LogP contribution in [0.2, 0.25) is 0 Å². The average Bonchev–Trinajstić information content (AvgIpc) is 2.91. The minimum absolute atomic E-state index is 0.0968. The van der Waals surface area contributed by atoms with Crippen LogP contribution in [0.25, 0.3) is 0 Å². The number of anilines is 2. The predicted molar refractivity (Wildman–Crippen MR) is 149 cm³/mol. The molecule has 11 nitrogen and oxygen atoms in total. The van der Waals surface area contributed by atoms with E-state index in [2.05, 4.69) is 24.5 Å². The number of nitro groups is 1. The minimum atomic E-state index is -0.775. The Morgan fingerprint density at radius 2 is 1.60 bits per heavy atom. The highest BCUT2D eigenvalue weighted by atomic mass is 16.6. The molecule has 0 aliphatic heterocycles. The molecule has 0 bridgehead atoms. The van der Waals surface area contributed by atoms with Crippen LogP contribution in [0.3, 0.4) is 0 Å². The van der Waals surface area contributed by atoms with E-state index in [0.29, 0.717) is 23.1 Å². The molecular weight excluding hydrogens is 518 g/mol. The van der Waals surface area contributed by atoms with Crippen molar-refractivity contribution >= 4 is 34.8 Å². The molecular formula is C29H31N3O8. The number of rotatable bonds is 12. The maximum absolute atomic E-state index is 12.3. The number of hydrogen-bond donors (Lipinski definition) is 2. The van der Waals surface area contributed by atoms with Crippen LogP contribution in [0.5, 0.6) is 17.2 Å². The summed E-state index contributed by atoms with van der Waals surface area (Å²) in [5.41, 5.74) is 2.27. The normalized spacial score (nSPS) is 10.5. The van der Waals surface area contributed by atoms with E-state index in [1.54, 1.807) is 24.3 Å². The molecule has 0 saturated carbocycles. The Balaban J connectivity index is 1.45. The van der Waals surface area contributed by atoms with Crippen LogP contribution in [0.1, 0.15) is 43.7 Å². The van der Waals surface area contributed by atoms with E-state index >= 15 is 0 Å². The van der Waals surface area contributed by atoms with Gasteiger partial charge in [0.2, 0.25) is 5.91 Å². The Morgan fingerprint density at radius 1 is 0.900 bits per heavy atom. The van der Waals surface area contributed by atoms with Crippen molar-refractivity contribution < 1.29 is 33.5 Å². The molecule has 0 radical (unpaired) electrons. The molecule has 3 aromatic rings. The summed E-state index contributed by atoms with van der Waals surface area (Å²) in [6.45, 7) is 5.51. The molecule has 0 atom stereocenters. The number of carbonyl (C=O) groups excluding carboxylic acids is 3. The fraction of sp³-hybridized carbons (Fsp3) is 0.276. The highest BCUT2D eigenvalue weighted by Crippen LogP contribution is 2.32. The number of nitro benzene ring substituents is 1. The maximum atomic E-state index is 12.3. The fourth-order valence-electron chi connectivity index (χ4n) is 3.69. The number of carbonyl (C=O) groups is 3. The second-order valence-corrected chi connectivity index (χ2v) is 9.22. The number of hydrogen-bond acceptors (Lipinski definition) is 8. The lowest BCUT2D eigenvalue weighted by molar-refractivity contribution is -0.383. The van der Waals surface area contributed by atoms with Crippen molar-refractivity contribution in [3.05, 3.63) is 81.9 Å². The van der Waals surface area contributed by atoms with Crippen LogP contribution in [0.15, 0.2) is 60.7 Å². The van der Waals surface area contributed by atoms with Crippen LogP contribution in [-0.4, -0.2) is 36.4 Å². The third-order valence-electron chi connectivity index (χ3n) is 5.75. The summed E-state index contributed by atoms with van der Waals surface area (Å²) in [7, 11) is 1.38. The van der Waals surface area contributed by atoms with Gasteiger partial charge < -0.3 is 24.8 Å². The molecule has 210 valence electrons. The lowest BCUT2D eigenvalue weighted by Crippen LogP contribution is -2.22. The highest BCUT2D eigenvalue weighted by Gasteiger charge is 2.18. The van der Waals surface area contributed by atoms with Gasteiger partial charge in [-0.1, -0.05) is 26.0 Å². The van der Waals surface area contributed by atoms with Crippen molar-refractivity contribution in [2.45, 2.75) is 39.5 Å². The van der Waals surface area contributed by atoms with E-state index in [4.69, 9.17) is 14.2 Å². The van der Waals surface area contributed by atoms with E-state index in [-0.39, 0.29) is 24.2 Å². The zero-order valence-electron chi connectivity index (χ0n) is 22.7. The first kappa shape index (κ1) is 29.6. The van der Waals surface area contributed by atoms with Gasteiger partial charge in [0.05, 0.1) is 18.5 Å². The van der Waals surface area contributed by atoms with Crippen LogP contribution < -0.4 is 20.1 Å². The summed E-state index contributed by atoms with van der Waals surface area (Å²) in [5, 5.41) is 16.2. The molecule has 2 amide bonds. The van der Waals surface area contributed by atoms with Crippen molar-refractivity contribution in [3.63, 3.8) is 0 Å². The van der Waals surface area contributed by atoms with Gasteiger partial charge in [0.15, 0.2) is 6.61 Å². The molecule has 3 aromatic carbocycles. The number of esters is 1. The maximum Gasteiger partial charge on any atom is 0.306 e. The summed E-state index contributed by atoms with van der Waals surface area (Å²) in [6.07, 6.45) is -0.425. The van der Waals surface area contributed by atoms with Gasteiger partial charge in [-0.15, -0.1) is 0 Å². The number of ether oxygens (including phenoxy) is 3. The van der Waals surface area contributed by atoms with E-state index in [1.165, 1.54) is 25.3 Å². The molecule has 40 heavy (non-hydrogen) atoms. The van der Waals surface area contributed by atoms with E-state index < -0.39 is 29.3 Å². The van der Waals surface area contributed by atoms with Gasteiger partial charge in [-0.25, -0.2) is 0 Å². The lowest BCUT2D eigenvalue weighted by Gasteiger charge is -2.15. The second-order valence-electron chi connectivity index (χ2n) is 9.22.